The summed E-state index contributed by atoms with van der Waals surface area (Å²) in [5, 5.41) is 19.1. The molecule has 23 heavy (non-hydrogen) atoms. The largest absolute Gasteiger partial charge is 0.506 e. The predicted octanol–water partition coefficient (Wildman–Crippen LogP) is 4.86. The van der Waals surface area contributed by atoms with Gasteiger partial charge in [0.1, 0.15) is 11.4 Å². The minimum atomic E-state index is 0.243. The van der Waals surface area contributed by atoms with Gasteiger partial charge < -0.3 is 5.11 Å². The number of rotatable bonds is 3. The third kappa shape index (κ3) is 4.81. The Bertz CT molecular complexity index is 567. The average molecular weight is 317 g/mol. The van der Waals surface area contributed by atoms with Crippen LogP contribution in [0.5, 0.6) is 5.75 Å². The second kappa shape index (κ2) is 10.0. The van der Waals surface area contributed by atoms with Gasteiger partial charge >= 0.3 is 0 Å². The highest BCUT2D eigenvalue weighted by Crippen LogP contribution is 2.25. The SMILES string of the molecule is CC.CC.CCCc1ccc(O)c(-n2nc3c(n2)CCCC3)c1. The third-order valence-corrected chi connectivity index (χ3v) is 3.64. The molecule has 0 saturated carbocycles. The fourth-order valence-electron chi connectivity index (χ4n) is 2.62. The van der Waals surface area contributed by atoms with Gasteiger partial charge in [0, 0.05) is 0 Å². The summed E-state index contributed by atoms with van der Waals surface area (Å²) < 4.78 is 0. The number of fused-ring (bicyclic) bond motifs is 1. The van der Waals surface area contributed by atoms with Crippen molar-refractivity contribution in [3.63, 3.8) is 0 Å². The second-order valence-corrected chi connectivity index (χ2v) is 5.16. The molecule has 128 valence electrons. The third-order valence-electron chi connectivity index (χ3n) is 3.64. The summed E-state index contributed by atoms with van der Waals surface area (Å²) in [5.41, 5.74) is 4.09. The molecule has 0 fully saturated rings. The maximum Gasteiger partial charge on any atom is 0.143 e. The minimum absolute atomic E-state index is 0.243. The van der Waals surface area contributed by atoms with Crippen molar-refractivity contribution < 1.29 is 5.11 Å². The Balaban J connectivity index is 0.000000615. The van der Waals surface area contributed by atoms with Gasteiger partial charge in [0.05, 0.1) is 11.4 Å². The first-order valence-electron chi connectivity index (χ1n) is 9.05. The Morgan fingerprint density at radius 3 is 2.09 bits per heavy atom. The molecule has 0 saturated heterocycles. The van der Waals surface area contributed by atoms with Gasteiger partial charge in [0.25, 0.3) is 0 Å². The fourth-order valence-corrected chi connectivity index (χ4v) is 2.62. The number of aryl methyl sites for hydroxylation is 3. The Morgan fingerprint density at radius 1 is 1.00 bits per heavy atom. The summed E-state index contributed by atoms with van der Waals surface area (Å²) in [5.74, 6) is 0.243. The molecule has 0 unspecified atom stereocenters. The summed E-state index contributed by atoms with van der Waals surface area (Å²) in [6, 6.07) is 5.69. The van der Waals surface area contributed by atoms with Gasteiger partial charge in [0.15, 0.2) is 0 Å². The van der Waals surface area contributed by atoms with Crippen LogP contribution in [0.2, 0.25) is 0 Å². The van der Waals surface area contributed by atoms with Crippen molar-refractivity contribution in [3.8, 4) is 11.4 Å². The summed E-state index contributed by atoms with van der Waals surface area (Å²) in [7, 11) is 0. The molecule has 1 N–H and O–H groups in total. The quantitative estimate of drug-likeness (QED) is 0.879. The number of aromatic hydroxyl groups is 1. The monoisotopic (exact) mass is 317 g/mol. The van der Waals surface area contributed by atoms with E-state index in [9.17, 15) is 5.11 Å². The summed E-state index contributed by atoms with van der Waals surface area (Å²) in [6.45, 7) is 10.2. The van der Waals surface area contributed by atoms with Crippen LogP contribution in [0, 0.1) is 0 Å². The lowest BCUT2D eigenvalue weighted by Crippen LogP contribution is -2.01. The van der Waals surface area contributed by atoms with E-state index >= 15 is 0 Å². The van der Waals surface area contributed by atoms with E-state index in [-0.39, 0.29) is 5.75 Å². The summed E-state index contributed by atoms with van der Waals surface area (Å²) >= 11 is 0. The predicted molar refractivity (Wildman–Crippen MR) is 96.4 cm³/mol. The zero-order chi connectivity index (χ0) is 17.2. The smallest absolute Gasteiger partial charge is 0.143 e. The summed E-state index contributed by atoms with van der Waals surface area (Å²) in [6.07, 6.45) is 6.48. The lowest BCUT2D eigenvalue weighted by Gasteiger charge is -2.06. The molecular formula is C19H31N3O. The van der Waals surface area contributed by atoms with Crippen LogP contribution in [0.15, 0.2) is 18.2 Å². The van der Waals surface area contributed by atoms with Crippen molar-refractivity contribution in [2.75, 3.05) is 0 Å². The molecule has 1 aliphatic carbocycles. The molecule has 0 radical (unpaired) electrons. The lowest BCUT2D eigenvalue weighted by molar-refractivity contribution is 0.467. The second-order valence-electron chi connectivity index (χ2n) is 5.16. The molecule has 0 atom stereocenters. The van der Waals surface area contributed by atoms with Gasteiger partial charge in [-0.25, -0.2) is 0 Å². The minimum Gasteiger partial charge on any atom is -0.506 e. The standard InChI is InChI=1S/C15H19N3O.2C2H6/c1-2-5-11-8-9-15(19)14(10-11)18-16-12-6-3-4-7-13(12)17-18;2*1-2/h8-10,19H,2-7H2,1H3;2*1-2H3. The number of aromatic nitrogens is 3. The number of benzene rings is 1. The van der Waals surface area contributed by atoms with E-state index < -0.39 is 0 Å². The Labute approximate surface area is 140 Å². The maximum absolute atomic E-state index is 10.0. The van der Waals surface area contributed by atoms with E-state index in [1.54, 1.807) is 10.9 Å². The first-order valence-corrected chi connectivity index (χ1v) is 9.05. The van der Waals surface area contributed by atoms with Crippen LogP contribution in [0.4, 0.5) is 0 Å². The molecule has 1 aromatic heterocycles. The van der Waals surface area contributed by atoms with Gasteiger partial charge in [-0.15, -0.1) is 4.80 Å². The topological polar surface area (TPSA) is 50.9 Å². The molecule has 1 heterocycles. The van der Waals surface area contributed by atoms with Crippen LogP contribution < -0.4 is 0 Å². The number of hydrogen-bond acceptors (Lipinski definition) is 3. The van der Waals surface area contributed by atoms with Crippen LogP contribution in [-0.2, 0) is 19.3 Å². The van der Waals surface area contributed by atoms with E-state index in [0.29, 0.717) is 5.69 Å². The molecule has 0 bridgehead atoms. The summed E-state index contributed by atoms with van der Waals surface area (Å²) in [4.78, 5) is 1.60. The van der Waals surface area contributed by atoms with Gasteiger partial charge in [-0.3, -0.25) is 0 Å². The molecule has 0 amide bonds. The van der Waals surface area contributed by atoms with E-state index in [2.05, 4.69) is 17.1 Å². The van der Waals surface area contributed by atoms with Gasteiger partial charge in [0.2, 0.25) is 0 Å². The lowest BCUT2D eigenvalue weighted by atomic mass is 10.0. The number of nitrogens with zero attached hydrogens (tertiary/aromatic N) is 3. The molecule has 3 rings (SSSR count). The van der Waals surface area contributed by atoms with Crippen LogP contribution in [0.25, 0.3) is 5.69 Å². The molecular weight excluding hydrogens is 286 g/mol. The first-order chi connectivity index (χ1) is 11.3. The number of phenols is 1. The van der Waals surface area contributed by atoms with Crippen LogP contribution >= 0.6 is 0 Å². The molecule has 4 nitrogen and oxygen atoms in total. The van der Waals surface area contributed by atoms with E-state index in [1.807, 2.05) is 39.8 Å². The zero-order valence-electron chi connectivity index (χ0n) is 15.3. The van der Waals surface area contributed by atoms with Crippen LogP contribution in [0.3, 0.4) is 0 Å². The molecule has 1 aromatic carbocycles. The molecule has 1 aliphatic rings. The van der Waals surface area contributed by atoms with E-state index in [4.69, 9.17) is 0 Å². The highest BCUT2D eigenvalue weighted by Gasteiger charge is 2.17. The van der Waals surface area contributed by atoms with Crippen molar-refractivity contribution in [2.24, 2.45) is 0 Å². The Hall–Kier alpha value is -1.84. The highest BCUT2D eigenvalue weighted by atomic mass is 16.3. The van der Waals surface area contributed by atoms with E-state index in [1.165, 1.54) is 18.4 Å². The Kier molecular flexibility index (Phi) is 8.38. The van der Waals surface area contributed by atoms with Crippen molar-refractivity contribution in [3.05, 3.63) is 35.2 Å². The first kappa shape index (κ1) is 19.2. The van der Waals surface area contributed by atoms with Crippen molar-refractivity contribution in [1.82, 2.24) is 15.0 Å². The van der Waals surface area contributed by atoms with Crippen LogP contribution in [-0.4, -0.2) is 20.1 Å². The average Bonchev–Trinajstić information content (AvgIpc) is 3.04. The normalized spacial score (nSPS) is 12.4. The highest BCUT2D eigenvalue weighted by molar-refractivity contribution is 5.47. The van der Waals surface area contributed by atoms with Crippen molar-refractivity contribution >= 4 is 0 Å². The van der Waals surface area contributed by atoms with Crippen molar-refractivity contribution in [2.45, 2.75) is 73.1 Å². The number of phenolic OH excluding ortho intramolecular Hbond substituents is 1. The molecule has 0 aliphatic heterocycles. The Morgan fingerprint density at radius 2 is 1.57 bits per heavy atom. The van der Waals surface area contributed by atoms with Crippen LogP contribution in [0.1, 0.15) is 70.8 Å². The molecule has 4 heteroatoms. The van der Waals surface area contributed by atoms with Gasteiger partial charge in [-0.05, 0) is 49.8 Å². The van der Waals surface area contributed by atoms with E-state index in [0.717, 1.165) is 37.1 Å². The van der Waals surface area contributed by atoms with Gasteiger partial charge in [-0.1, -0.05) is 47.1 Å². The van der Waals surface area contributed by atoms with Crippen molar-refractivity contribution in [1.29, 1.82) is 0 Å². The molecule has 0 spiro atoms. The fraction of sp³-hybridized carbons (Fsp3) is 0.579. The number of hydrogen-bond donors (Lipinski definition) is 1. The maximum atomic E-state index is 10.0. The molecule has 2 aromatic rings. The zero-order valence-corrected chi connectivity index (χ0v) is 15.3. The van der Waals surface area contributed by atoms with Gasteiger partial charge in [-0.2, -0.15) is 10.2 Å².